The van der Waals surface area contributed by atoms with Gasteiger partial charge in [0.2, 0.25) is 0 Å². The maximum atomic E-state index is 7.90. The van der Waals surface area contributed by atoms with Crippen LogP contribution in [0.5, 0.6) is 0 Å². The minimum Gasteiger partial charge on any atom is -0.296 e. The van der Waals surface area contributed by atoms with Crippen LogP contribution in [0, 0.1) is 16.7 Å². The Labute approximate surface area is 50.5 Å². The normalized spacial score (nSPS) is 7.43. The zero-order valence-electron chi connectivity index (χ0n) is 3.44. The predicted octanol–water partition coefficient (Wildman–Crippen LogP) is 1.76. The van der Waals surface area contributed by atoms with Gasteiger partial charge in [-0.15, -0.1) is 0 Å². The molecule has 0 saturated heterocycles. The number of hydrogen-bond donors (Lipinski definition) is 1. The number of halogens is 1. The molecule has 0 rings (SSSR count). The Hall–Kier alpha value is -0.200. The number of rotatable bonds is 1. The molecule has 2 nitrogen and oxygen atoms in total. The third-order valence-electron chi connectivity index (χ3n) is 0.333. The van der Waals surface area contributed by atoms with Gasteiger partial charge in [-0.25, -0.2) is 0 Å². The maximum absolute atomic E-state index is 7.90. The van der Waals surface area contributed by atoms with Gasteiger partial charge >= 0.3 is 0 Å². The first-order valence-corrected chi connectivity index (χ1v) is 3.18. The van der Waals surface area contributed by atoms with E-state index in [1.54, 1.807) is 6.07 Å². The van der Waals surface area contributed by atoms with Gasteiger partial charge in [-0.05, 0) is 21.7 Å². The van der Waals surface area contributed by atoms with E-state index in [1.807, 2.05) is 0 Å². The van der Waals surface area contributed by atoms with Crippen molar-refractivity contribution in [3.63, 3.8) is 0 Å². The largest absolute Gasteiger partial charge is 0.296 e. The third-order valence-corrected chi connectivity index (χ3v) is 1.22. The van der Waals surface area contributed by atoms with Crippen molar-refractivity contribution < 1.29 is 0 Å². The minimum atomic E-state index is 0.119. The maximum Gasteiger partial charge on any atom is 0.0938 e. The van der Waals surface area contributed by atoms with Gasteiger partial charge in [0.05, 0.1) is 17.5 Å². The predicted molar refractivity (Wildman–Crippen MR) is 31.4 cm³/mol. The second-order valence-corrected chi connectivity index (χ2v) is 1.95. The Bertz CT molecular complexity index is 106. The molecule has 0 aliphatic rings. The summed E-state index contributed by atoms with van der Waals surface area (Å²) in [6.45, 7) is 0. The van der Waals surface area contributed by atoms with Gasteiger partial charge in [0.25, 0.3) is 0 Å². The summed E-state index contributed by atoms with van der Waals surface area (Å²) < 4.78 is 0. The lowest BCUT2D eigenvalue weighted by Gasteiger charge is -1.81. The first-order valence-electron chi connectivity index (χ1n) is 1.54. The minimum absolute atomic E-state index is 0.119. The molecule has 0 saturated carbocycles. The van der Waals surface area contributed by atoms with Crippen molar-refractivity contribution in [3.05, 3.63) is 0 Å². The monoisotopic (exact) mass is 134 g/mol. The van der Waals surface area contributed by atoms with Crippen LogP contribution in [0.15, 0.2) is 0 Å². The molecule has 0 radical (unpaired) electrons. The first-order chi connectivity index (χ1) is 3.31. The average molecular weight is 135 g/mol. The van der Waals surface area contributed by atoms with Crippen LogP contribution in [0.2, 0.25) is 0 Å². The molecule has 0 aromatic carbocycles. The van der Waals surface area contributed by atoms with Crippen LogP contribution >= 0.6 is 21.7 Å². The Morgan fingerprint density at radius 2 is 2.57 bits per heavy atom. The summed E-state index contributed by atoms with van der Waals surface area (Å²) in [4.78, 5) is 0. The highest BCUT2D eigenvalue weighted by molar-refractivity contribution is 8.32. The van der Waals surface area contributed by atoms with Gasteiger partial charge in [0.15, 0.2) is 0 Å². The fourth-order valence-electron chi connectivity index (χ4n) is 0.0991. The van der Waals surface area contributed by atoms with E-state index in [0.29, 0.717) is 0 Å². The molecule has 1 N–H and O–H groups in total. The quantitative estimate of drug-likeness (QED) is 0.439. The third kappa shape index (κ3) is 3.64. The molecule has 7 heavy (non-hydrogen) atoms. The lowest BCUT2D eigenvalue weighted by Crippen LogP contribution is -1.79. The first kappa shape index (κ1) is 6.80. The smallest absolute Gasteiger partial charge is 0.0938 e. The van der Waals surface area contributed by atoms with Crippen molar-refractivity contribution in [2.75, 3.05) is 0 Å². The van der Waals surface area contributed by atoms with E-state index in [9.17, 15) is 0 Å². The van der Waals surface area contributed by atoms with E-state index < -0.39 is 0 Å². The van der Waals surface area contributed by atoms with Gasteiger partial charge in [-0.3, -0.25) is 5.41 Å². The lowest BCUT2D eigenvalue weighted by molar-refractivity contribution is 1.38. The molecule has 0 aliphatic carbocycles. The Kier molecular flexibility index (Phi) is 3.86. The van der Waals surface area contributed by atoms with E-state index in [-0.39, 0.29) is 11.5 Å². The van der Waals surface area contributed by atoms with Crippen LogP contribution in [0.4, 0.5) is 0 Å². The molecule has 0 spiro atoms. The van der Waals surface area contributed by atoms with E-state index in [2.05, 4.69) is 0 Å². The molecule has 0 amide bonds. The summed E-state index contributed by atoms with van der Waals surface area (Å²) >= 11 is 0. The van der Waals surface area contributed by atoms with Crippen LogP contribution in [0.1, 0.15) is 6.42 Å². The Morgan fingerprint density at radius 1 is 2.00 bits per heavy atom. The van der Waals surface area contributed by atoms with Gasteiger partial charge in [-0.1, -0.05) is 0 Å². The van der Waals surface area contributed by atoms with Crippen molar-refractivity contribution in [2.24, 2.45) is 0 Å². The lowest BCUT2D eigenvalue weighted by atomic mass is 10.5. The summed E-state index contributed by atoms with van der Waals surface area (Å²) in [6.07, 6.45) is 0.119. The Balaban J connectivity index is 3.23. The number of nitrogens with zero attached hydrogens (tertiary/aromatic N) is 1. The summed E-state index contributed by atoms with van der Waals surface area (Å²) in [5.74, 6) is 0. The molecule has 0 unspecified atom stereocenters. The molecule has 38 valence electrons. The van der Waals surface area contributed by atoms with Gasteiger partial charge in [0.1, 0.15) is 0 Å². The molecule has 4 heteroatoms. The van der Waals surface area contributed by atoms with E-state index in [4.69, 9.17) is 21.4 Å². The standard InChI is InChI=1S/C3H3ClN2S/c4-7-3(6)1-2-5/h6H,1H2. The van der Waals surface area contributed by atoms with Crippen molar-refractivity contribution in [1.82, 2.24) is 0 Å². The highest BCUT2D eigenvalue weighted by Gasteiger charge is 1.89. The van der Waals surface area contributed by atoms with Gasteiger partial charge in [-0.2, -0.15) is 5.26 Å². The topological polar surface area (TPSA) is 47.6 Å². The van der Waals surface area contributed by atoms with Crippen LogP contribution in [0.3, 0.4) is 0 Å². The Morgan fingerprint density at radius 3 is 2.71 bits per heavy atom. The highest BCUT2D eigenvalue weighted by Crippen LogP contribution is 2.08. The zero-order chi connectivity index (χ0) is 5.70. The SMILES string of the molecule is N#CCC(=N)SCl. The summed E-state index contributed by atoms with van der Waals surface area (Å²) in [5.41, 5.74) is 0. The second kappa shape index (κ2) is 3.97. The fourth-order valence-corrected chi connectivity index (χ4v) is 0.382. The molecule has 0 aromatic rings. The van der Waals surface area contributed by atoms with Crippen LogP contribution < -0.4 is 0 Å². The summed E-state index contributed by atoms with van der Waals surface area (Å²) in [7, 11) is 5.85. The summed E-state index contributed by atoms with van der Waals surface area (Å²) in [5, 5.41) is 14.8. The van der Waals surface area contributed by atoms with Crippen molar-refractivity contribution in [3.8, 4) is 6.07 Å². The number of nitriles is 1. The summed E-state index contributed by atoms with van der Waals surface area (Å²) in [6, 6.07) is 1.79. The molecule has 0 bridgehead atoms. The van der Waals surface area contributed by atoms with Crippen molar-refractivity contribution in [1.29, 1.82) is 10.7 Å². The van der Waals surface area contributed by atoms with Gasteiger partial charge in [0, 0.05) is 0 Å². The number of nitrogens with one attached hydrogen (secondary N) is 1. The van der Waals surface area contributed by atoms with Crippen molar-refractivity contribution >= 4 is 26.7 Å². The van der Waals surface area contributed by atoms with Crippen LogP contribution in [-0.4, -0.2) is 5.04 Å². The van der Waals surface area contributed by atoms with Crippen molar-refractivity contribution in [2.45, 2.75) is 6.42 Å². The van der Waals surface area contributed by atoms with E-state index >= 15 is 0 Å². The molecule has 0 aliphatic heterocycles. The van der Waals surface area contributed by atoms with Gasteiger partial charge < -0.3 is 0 Å². The molecule has 0 atom stereocenters. The van der Waals surface area contributed by atoms with Crippen LogP contribution in [-0.2, 0) is 0 Å². The van der Waals surface area contributed by atoms with Crippen LogP contribution in [0.25, 0.3) is 0 Å². The fraction of sp³-hybridized carbons (Fsp3) is 0.333. The molecule has 0 aromatic heterocycles. The molecule has 0 heterocycles. The zero-order valence-corrected chi connectivity index (χ0v) is 5.01. The average Bonchev–Trinajstić information content (AvgIpc) is 1.68. The van der Waals surface area contributed by atoms with E-state index in [1.165, 1.54) is 0 Å². The molecular weight excluding hydrogens is 132 g/mol. The number of hydrogen-bond acceptors (Lipinski definition) is 3. The van der Waals surface area contributed by atoms with E-state index in [0.717, 1.165) is 11.0 Å². The second-order valence-electron chi connectivity index (χ2n) is 0.835. The highest BCUT2D eigenvalue weighted by atomic mass is 35.7. The molecule has 0 fully saturated rings. The molecular formula is C3H3ClN2S.